The molecule has 200 valence electrons. The Kier molecular flexibility index (Phi) is 6.74. The van der Waals surface area contributed by atoms with Crippen molar-refractivity contribution in [2.24, 2.45) is 0 Å². The van der Waals surface area contributed by atoms with Crippen LogP contribution in [0.1, 0.15) is 42.9 Å². The maximum atomic E-state index is 13.6. The van der Waals surface area contributed by atoms with Gasteiger partial charge in [-0.05, 0) is 81.2 Å². The number of rotatable bonds is 6. The summed E-state index contributed by atoms with van der Waals surface area (Å²) in [7, 11) is 2.17. The first-order chi connectivity index (χ1) is 19.0. The number of piperidine rings is 1. The quantitative estimate of drug-likeness (QED) is 0.384. The Labute approximate surface area is 226 Å². The second-order valence-electron chi connectivity index (χ2n) is 10.3. The van der Waals surface area contributed by atoms with Crippen molar-refractivity contribution in [2.75, 3.05) is 37.4 Å². The molecule has 1 amide bonds. The molecule has 1 fully saturated rings. The largest absolute Gasteiger partial charge is 0.488 e. The van der Waals surface area contributed by atoms with Crippen LogP contribution in [0.4, 0.5) is 17.3 Å². The number of likely N-dealkylation sites (tertiary alicyclic amines) is 1. The first kappa shape index (κ1) is 25.1. The highest BCUT2D eigenvalue weighted by molar-refractivity contribution is 5.97. The van der Waals surface area contributed by atoms with Gasteiger partial charge in [-0.2, -0.15) is 4.98 Å². The summed E-state index contributed by atoms with van der Waals surface area (Å²) in [5.74, 6) is 0.838. The van der Waals surface area contributed by atoms with E-state index in [1.54, 1.807) is 12.3 Å². The fourth-order valence-electron chi connectivity index (χ4n) is 5.56. The van der Waals surface area contributed by atoms with Crippen molar-refractivity contribution in [3.8, 4) is 5.75 Å². The number of nitrogens with one attached hydrogen (secondary N) is 2. The molecule has 2 aliphatic rings. The number of ether oxygens (including phenoxy) is 1. The van der Waals surface area contributed by atoms with E-state index in [-0.39, 0.29) is 11.7 Å². The van der Waals surface area contributed by atoms with Gasteiger partial charge in [0, 0.05) is 29.4 Å². The summed E-state index contributed by atoms with van der Waals surface area (Å²) < 4.78 is 7.08. The van der Waals surface area contributed by atoms with E-state index in [1.807, 2.05) is 43.3 Å². The second kappa shape index (κ2) is 10.5. The lowest BCUT2D eigenvalue weighted by molar-refractivity contribution is -0.119. The number of nitrogens with zero attached hydrogens (tertiary/aromatic N) is 4. The van der Waals surface area contributed by atoms with Gasteiger partial charge >= 0.3 is 0 Å². The van der Waals surface area contributed by atoms with Gasteiger partial charge in [0.2, 0.25) is 11.9 Å². The van der Waals surface area contributed by atoms with E-state index in [1.165, 1.54) is 10.1 Å². The first-order valence-corrected chi connectivity index (χ1v) is 13.5. The molecule has 4 aromatic rings. The van der Waals surface area contributed by atoms with E-state index >= 15 is 0 Å². The van der Waals surface area contributed by atoms with E-state index in [4.69, 9.17) is 9.72 Å². The summed E-state index contributed by atoms with van der Waals surface area (Å²) in [6.45, 7) is 4.38. The number of carbonyl (C=O) groups excluding carboxylic acids is 1. The molecule has 2 aromatic carbocycles. The summed E-state index contributed by atoms with van der Waals surface area (Å²) in [6, 6.07) is 16.9. The van der Waals surface area contributed by atoms with Gasteiger partial charge in [-0.3, -0.25) is 14.2 Å². The molecule has 6 rings (SSSR count). The molecule has 2 N–H and O–H groups in total. The van der Waals surface area contributed by atoms with Crippen LogP contribution in [0.5, 0.6) is 5.75 Å². The van der Waals surface area contributed by atoms with Crippen LogP contribution in [0.25, 0.3) is 11.0 Å². The van der Waals surface area contributed by atoms with Gasteiger partial charge < -0.3 is 20.3 Å². The van der Waals surface area contributed by atoms with Crippen molar-refractivity contribution in [1.29, 1.82) is 0 Å². The summed E-state index contributed by atoms with van der Waals surface area (Å²) in [4.78, 5) is 38.4. The highest BCUT2D eigenvalue weighted by Crippen LogP contribution is 2.31. The predicted molar refractivity (Wildman–Crippen MR) is 152 cm³/mol. The van der Waals surface area contributed by atoms with E-state index in [9.17, 15) is 9.59 Å². The van der Waals surface area contributed by atoms with E-state index in [0.29, 0.717) is 35.9 Å². The highest BCUT2D eigenvalue weighted by atomic mass is 16.5. The van der Waals surface area contributed by atoms with Gasteiger partial charge in [0.05, 0.1) is 6.61 Å². The minimum atomic E-state index is -0.771. The topological polar surface area (TPSA) is 101 Å². The number of para-hydroxylation sites is 1. The van der Waals surface area contributed by atoms with Crippen molar-refractivity contribution >= 4 is 34.3 Å². The zero-order chi connectivity index (χ0) is 26.9. The SMILES string of the molecule is CCOc1cc2cnc(Nc3ccc(C4CCN(C)CC4)cc3)nc2n(C2Cc3ccccc3NC2=O)c1=O. The molecule has 0 radical (unpaired) electrons. The number of benzene rings is 2. The third-order valence-corrected chi connectivity index (χ3v) is 7.70. The lowest BCUT2D eigenvalue weighted by Crippen LogP contribution is -2.38. The molecule has 0 aliphatic carbocycles. The van der Waals surface area contributed by atoms with Crippen LogP contribution in [-0.2, 0) is 11.2 Å². The molecular weight excluding hydrogens is 492 g/mol. The molecule has 9 heteroatoms. The number of hydrogen-bond donors (Lipinski definition) is 2. The van der Waals surface area contributed by atoms with Crippen LogP contribution in [0.3, 0.4) is 0 Å². The molecule has 39 heavy (non-hydrogen) atoms. The fourth-order valence-corrected chi connectivity index (χ4v) is 5.56. The van der Waals surface area contributed by atoms with Crippen LogP contribution < -0.4 is 20.9 Å². The summed E-state index contributed by atoms with van der Waals surface area (Å²) in [5.41, 5.74) is 3.91. The second-order valence-corrected chi connectivity index (χ2v) is 10.3. The van der Waals surface area contributed by atoms with E-state index in [2.05, 4.69) is 39.7 Å². The molecular formula is C30H32N6O3. The Morgan fingerprint density at radius 1 is 1.08 bits per heavy atom. The fraction of sp³-hybridized carbons (Fsp3) is 0.333. The minimum absolute atomic E-state index is 0.172. The first-order valence-electron chi connectivity index (χ1n) is 13.5. The maximum Gasteiger partial charge on any atom is 0.295 e. The number of carbonyl (C=O) groups is 1. The monoisotopic (exact) mass is 524 g/mol. The van der Waals surface area contributed by atoms with Crippen LogP contribution in [0, 0.1) is 0 Å². The number of hydrogen-bond acceptors (Lipinski definition) is 7. The average Bonchev–Trinajstić information content (AvgIpc) is 2.95. The van der Waals surface area contributed by atoms with Gasteiger partial charge in [0.15, 0.2) is 5.75 Å². The number of fused-ring (bicyclic) bond motifs is 2. The summed E-state index contributed by atoms with van der Waals surface area (Å²) in [5, 5.41) is 6.83. The van der Waals surface area contributed by atoms with Crippen molar-refractivity contribution in [3.05, 3.63) is 82.3 Å². The summed E-state index contributed by atoms with van der Waals surface area (Å²) >= 11 is 0. The van der Waals surface area contributed by atoms with Crippen molar-refractivity contribution in [3.63, 3.8) is 0 Å². The molecule has 2 aliphatic heterocycles. The number of pyridine rings is 1. The normalized spacial score (nSPS) is 18.0. The molecule has 9 nitrogen and oxygen atoms in total. The Morgan fingerprint density at radius 3 is 2.62 bits per heavy atom. The molecule has 4 heterocycles. The van der Waals surface area contributed by atoms with Crippen LogP contribution >= 0.6 is 0 Å². The van der Waals surface area contributed by atoms with Crippen LogP contribution in [0.2, 0.25) is 0 Å². The Balaban J connectivity index is 1.34. The molecule has 0 bridgehead atoms. The Hall–Kier alpha value is -4.24. The van der Waals surface area contributed by atoms with Gasteiger partial charge in [0.25, 0.3) is 5.56 Å². The molecule has 1 atom stereocenters. The van der Waals surface area contributed by atoms with Crippen molar-refractivity contribution in [2.45, 2.75) is 38.1 Å². The average molecular weight is 525 g/mol. The van der Waals surface area contributed by atoms with Crippen LogP contribution in [0.15, 0.2) is 65.6 Å². The standard InChI is InChI=1S/C30H32N6O3/c1-3-39-26-17-22-18-31-30(32-23-10-8-19(9-11-23)20-12-14-35(2)15-13-20)34-27(22)36(29(26)38)25-16-21-6-4-5-7-24(21)33-28(25)37/h4-11,17-18,20,25H,3,12-16H2,1-2H3,(H,33,37)(H,31,32,34). The molecule has 2 aromatic heterocycles. The number of amides is 1. The molecule has 1 saturated heterocycles. The Bertz CT molecular complexity index is 1570. The Morgan fingerprint density at radius 2 is 1.85 bits per heavy atom. The lowest BCUT2D eigenvalue weighted by Gasteiger charge is -2.29. The van der Waals surface area contributed by atoms with E-state index in [0.717, 1.165) is 42.9 Å². The number of anilines is 3. The number of aromatic nitrogens is 3. The third-order valence-electron chi connectivity index (χ3n) is 7.70. The minimum Gasteiger partial charge on any atom is -0.488 e. The summed E-state index contributed by atoms with van der Waals surface area (Å²) in [6.07, 6.45) is 4.36. The molecule has 1 unspecified atom stereocenters. The third kappa shape index (κ3) is 4.97. The molecule has 0 spiro atoms. The van der Waals surface area contributed by atoms with Crippen LogP contribution in [-0.4, -0.2) is 52.1 Å². The smallest absolute Gasteiger partial charge is 0.295 e. The molecule has 0 saturated carbocycles. The zero-order valence-electron chi connectivity index (χ0n) is 22.2. The van der Waals surface area contributed by atoms with Gasteiger partial charge in [-0.15, -0.1) is 0 Å². The van der Waals surface area contributed by atoms with Crippen molar-refractivity contribution in [1.82, 2.24) is 19.4 Å². The lowest BCUT2D eigenvalue weighted by atomic mass is 9.89. The van der Waals surface area contributed by atoms with Crippen molar-refractivity contribution < 1.29 is 9.53 Å². The predicted octanol–water partition coefficient (Wildman–Crippen LogP) is 4.48. The van der Waals surface area contributed by atoms with Gasteiger partial charge in [0.1, 0.15) is 11.7 Å². The van der Waals surface area contributed by atoms with Gasteiger partial charge in [-0.1, -0.05) is 30.3 Å². The maximum absolute atomic E-state index is 13.6. The highest BCUT2D eigenvalue weighted by Gasteiger charge is 2.31. The van der Waals surface area contributed by atoms with E-state index < -0.39 is 11.6 Å². The zero-order valence-corrected chi connectivity index (χ0v) is 22.2. The van der Waals surface area contributed by atoms with Gasteiger partial charge in [-0.25, -0.2) is 4.98 Å².